The van der Waals surface area contributed by atoms with Crippen LogP contribution in [0.25, 0.3) is 0 Å². The van der Waals surface area contributed by atoms with Crippen LogP contribution in [0.5, 0.6) is 0 Å². The molecule has 3 rings (SSSR count). The van der Waals surface area contributed by atoms with Crippen molar-refractivity contribution in [3.05, 3.63) is 0 Å². The van der Waals surface area contributed by atoms with Crippen molar-refractivity contribution in [1.82, 2.24) is 0 Å². The van der Waals surface area contributed by atoms with Crippen LogP contribution in [0.1, 0.15) is 146 Å². The van der Waals surface area contributed by atoms with Crippen molar-refractivity contribution in [1.29, 1.82) is 0 Å². The summed E-state index contributed by atoms with van der Waals surface area (Å²) < 4.78 is 0. The second kappa shape index (κ2) is 14.1. The monoisotopic (exact) mass is 408 g/mol. The molecule has 3 fully saturated rings. The molecule has 6 unspecified atom stereocenters. The van der Waals surface area contributed by atoms with Gasteiger partial charge in [-0.3, -0.25) is 0 Å². The molecule has 0 amide bonds. The van der Waals surface area contributed by atoms with E-state index in [2.05, 4.69) is 41.5 Å². The van der Waals surface area contributed by atoms with Gasteiger partial charge < -0.3 is 0 Å². The zero-order valence-electron chi connectivity index (χ0n) is 19.9. The standard InChI is InChI=1S/C17H32.C10H20.2CH4/c1-13-7-5-9-15(11-13)17(3,4)16-10-6-8-14(2)12-16;1-3-9-6-5-7-10(4-2)8-9;;/h13-16H,5-12H2,1-4H3;9-10H,3-8H2,1-2H3;2*1H4. The summed E-state index contributed by atoms with van der Waals surface area (Å²) in [4.78, 5) is 0. The van der Waals surface area contributed by atoms with Gasteiger partial charge in [-0.15, -0.1) is 0 Å². The van der Waals surface area contributed by atoms with Gasteiger partial charge in [-0.2, -0.15) is 0 Å². The van der Waals surface area contributed by atoms with Crippen molar-refractivity contribution in [2.24, 2.45) is 40.9 Å². The highest BCUT2D eigenvalue weighted by molar-refractivity contribution is 4.90. The van der Waals surface area contributed by atoms with E-state index in [0.29, 0.717) is 5.41 Å². The summed E-state index contributed by atoms with van der Waals surface area (Å²) in [5.74, 6) is 6.10. The van der Waals surface area contributed by atoms with Gasteiger partial charge in [0.25, 0.3) is 0 Å². The Morgan fingerprint density at radius 2 is 0.966 bits per heavy atom. The molecule has 176 valence electrons. The van der Waals surface area contributed by atoms with Gasteiger partial charge >= 0.3 is 0 Å². The molecule has 0 saturated heterocycles. The molecule has 0 heterocycles. The molecule has 0 aromatic heterocycles. The fourth-order valence-corrected chi connectivity index (χ4v) is 6.70. The van der Waals surface area contributed by atoms with Gasteiger partial charge in [0.15, 0.2) is 0 Å². The normalized spacial score (nSPS) is 35.4. The van der Waals surface area contributed by atoms with Crippen molar-refractivity contribution in [2.75, 3.05) is 0 Å². The van der Waals surface area contributed by atoms with Crippen LogP contribution in [0.15, 0.2) is 0 Å². The molecule has 3 aliphatic rings. The summed E-state index contributed by atoms with van der Waals surface area (Å²) in [6.45, 7) is 14.8. The Morgan fingerprint density at radius 1 is 0.586 bits per heavy atom. The largest absolute Gasteiger partial charge is 0.0776 e. The van der Waals surface area contributed by atoms with Crippen LogP contribution < -0.4 is 0 Å². The van der Waals surface area contributed by atoms with Crippen molar-refractivity contribution >= 4 is 0 Å². The van der Waals surface area contributed by atoms with Gasteiger partial charge in [-0.25, -0.2) is 0 Å². The second-order valence-electron chi connectivity index (χ2n) is 11.5. The maximum absolute atomic E-state index is 2.58. The molecule has 3 saturated carbocycles. The van der Waals surface area contributed by atoms with Crippen LogP contribution >= 0.6 is 0 Å². The third-order valence-corrected chi connectivity index (χ3v) is 9.02. The molecule has 0 aromatic rings. The van der Waals surface area contributed by atoms with Gasteiger partial charge in [0.2, 0.25) is 0 Å². The molecule has 0 nitrogen and oxygen atoms in total. The lowest BCUT2D eigenvalue weighted by atomic mass is 9.59. The smallest absolute Gasteiger partial charge is 0.0297 e. The first-order valence-electron chi connectivity index (χ1n) is 12.9. The Balaban J connectivity index is 0.000000567. The Bertz CT molecular complexity index is 361. The van der Waals surface area contributed by atoms with Gasteiger partial charge in [0.1, 0.15) is 0 Å². The average Bonchev–Trinajstić information content (AvgIpc) is 2.68. The molecule has 0 aliphatic heterocycles. The molecule has 0 spiro atoms. The van der Waals surface area contributed by atoms with Crippen LogP contribution in [0.3, 0.4) is 0 Å². The van der Waals surface area contributed by atoms with E-state index < -0.39 is 0 Å². The summed E-state index contributed by atoms with van der Waals surface area (Å²) in [6.07, 6.45) is 20.8. The second-order valence-corrected chi connectivity index (χ2v) is 11.5. The maximum Gasteiger partial charge on any atom is -0.0297 e. The number of rotatable bonds is 4. The summed E-state index contributed by atoms with van der Waals surface area (Å²) in [5.41, 5.74) is 0.601. The highest BCUT2D eigenvalue weighted by Gasteiger charge is 2.40. The first kappa shape index (κ1) is 29.0. The fourth-order valence-electron chi connectivity index (χ4n) is 6.70. The zero-order chi connectivity index (χ0) is 19.9. The third-order valence-electron chi connectivity index (χ3n) is 9.02. The van der Waals surface area contributed by atoms with E-state index >= 15 is 0 Å². The van der Waals surface area contributed by atoms with Gasteiger partial charge in [-0.1, -0.05) is 114 Å². The van der Waals surface area contributed by atoms with Crippen LogP contribution in [-0.4, -0.2) is 0 Å². The summed E-state index contributed by atoms with van der Waals surface area (Å²) in [7, 11) is 0. The third kappa shape index (κ3) is 8.95. The predicted octanol–water partition coefficient (Wildman–Crippen LogP) is 10.6. The lowest BCUT2D eigenvalue weighted by molar-refractivity contribution is 0.0346. The molecule has 0 heteroatoms. The van der Waals surface area contributed by atoms with E-state index in [4.69, 9.17) is 0 Å². The van der Waals surface area contributed by atoms with Crippen LogP contribution in [0, 0.1) is 40.9 Å². The van der Waals surface area contributed by atoms with Crippen LogP contribution in [0.4, 0.5) is 0 Å². The molecule has 0 radical (unpaired) electrons. The Labute approximate surface area is 187 Å². The molecule has 0 bridgehead atoms. The highest BCUT2D eigenvalue weighted by atomic mass is 14.4. The lowest BCUT2D eigenvalue weighted by Crippen LogP contribution is -2.37. The van der Waals surface area contributed by atoms with E-state index in [1.54, 1.807) is 0 Å². The SMILES string of the molecule is C.C.CC1CCCC(C(C)(C)C2CCCC(C)C2)C1.CCC1CCCC(CC)C1. The average molecular weight is 409 g/mol. The van der Waals surface area contributed by atoms with E-state index in [-0.39, 0.29) is 14.9 Å². The zero-order valence-corrected chi connectivity index (χ0v) is 19.9. The minimum atomic E-state index is 0. The highest BCUT2D eigenvalue weighted by Crippen LogP contribution is 2.50. The molecule has 0 N–H and O–H groups in total. The van der Waals surface area contributed by atoms with Crippen LogP contribution in [0.2, 0.25) is 0 Å². The molecule has 3 aliphatic carbocycles. The molecule has 6 atom stereocenters. The minimum Gasteiger partial charge on any atom is -0.0776 e. The number of hydrogen-bond acceptors (Lipinski definition) is 0. The topological polar surface area (TPSA) is 0 Å². The van der Waals surface area contributed by atoms with E-state index in [1.165, 1.54) is 89.9 Å². The first-order valence-corrected chi connectivity index (χ1v) is 12.9. The Morgan fingerprint density at radius 3 is 1.31 bits per heavy atom. The fraction of sp³-hybridized carbons (Fsp3) is 1.00. The molecule has 0 aromatic carbocycles. The molecular formula is C29H60. The van der Waals surface area contributed by atoms with Gasteiger partial charge in [0, 0.05) is 0 Å². The Hall–Kier alpha value is 0. The molecular weight excluding hydrogens is 348 g/mol. The predicted molar refractivity (Wildman–Crippen MR) is 136 cm³/mol. The van der Waals surface area contributed by atoms with Gasteiger partial charge in [-0.05, 0) is 73.0 Å². The Kier molecular flexibility index (Phi) is 14.1. The quantitative estimate of drug-likeness (QED) is 0.434. The summed E-state index contributed by atoms with van der Waals surface area (Å²) >= 11 is 0. The van der Waals surface area contributed by atoms with E-state index in [1.807, 2.05) is 0 Å². The van der Waals surface area contributed by atoms with E-state index in [9.17, 15) is 0 Å². The van der Waals surface area contributed by atoms with Crippen LogP contribution in [-0.2, 0) is 0 Å². The van der Waals surface area contributed by atoms with Gasteiger partial charge in [0.05, 0.1) is 0 Å². The minimum absolute atomic E-state index is 0. The van der Waals surface area contributed by atoms with Crippen molar-refractivity contribution in [2.45, 2.75) is 146 Å². The van der Waals surface area contributed by atoms with E-state index in [0.717, 1.165) is 35.5 Å². The summed E-state index contributed by atoms with van der Waals surface area (Å²) in [6, 6.07) is 0. The first-order chi connectivity index (χ1) is 12.9. The summed E-state index contributed by atoms with van der Waals surface area (Å²) in [5, 5.41) is 0. The lowest BCUT2D eigenvalue weighted by Gasteiger charge is -2.47. The molecule has 29 heavy (non-hydrogen) atoms. The number of hydrogen-bond donors (Lipinski definition) is 0. The maximum atomic E-state index is 2.58. The van der Waals surface area contributed by atoms with Crippen molar-refractivity contribution in [3.8, 4) is 0 Å². The van der Waals surface area contributed by atoms with Crippen molar-refractivity contribution in [3.63, 3.8) is 0 Å². The van der Waals surface area contributed by atoms with Crippen molar-refractivity contribution < 1.29 is 0 Å².